The van der Waals surface area contributed by atoms with Crippen LogP contribution in [0.2, 0.25) is 0 Å². The Morgan fingerprint density at radius 1 is 1.28 bits per heavy atom. The van der Waals surface area contributed by atoms with E-state index >= 15 is 0 Å². The van der Waals surface area contributed by atoms with Crippen LogP contribution < -0.4 is 4.90 Å². The van der Waals surface area contributed by atoms with Gasteiger partial charge in [0.1, 0.15) is 0 Å². The first-order valence-corrected chi connectivity index (χ1v) is 6.44. The molecule has 2 rings (SSSR count). The number of hydrogen-bond acceptors (Lipinski definition) is 3. The van der Waals surface area contributed by atoms with Crippen LogP contribution in [-0.2, 0) is 0 Å². The molecule has 1 saturated carbocycles. The molecule has 0 heterocycles. The maximum atomic E-state index is 11.3. The van der Waals surface area contributed by atoms with Gasteiger partial charge in [-0.25, -0.2) is 4.79 Å². The highest BCUT2D eigenvalue weighted by molar-refractivity contribution is 5.94. The number of para-hydroxylation sites is 1. The average Bonchev–Trinajstić information content (AvgIpc) is 2.89. The third-order valence-electron chi connectivity index (χ3n) is 3.55. The first kappa shape index (κ1) is 12.9. The molecule has 0 saturated heterocycles. The second-order valence-electron chi connectivity index (χ2n) is 4.68. The second kappa shape index (κ2) is 5.87. The summed E-state index contributed by atoms with van der Waals surface area (Å²) in [6.07, 6.45) is 4.52. The monoisotopic (exact) mass is 249 g/mol. The first-order valence-electron chi connectivity index (χ1n) is 6.44. The van der Waals surface area contributed by atoms with Gasteiger partial charge >= 0.3 is 5.97 Å². The number of carbonyl (C=O) groups is 1. The number of aromatic carboxylic acids is 1. The Morgan fingerprint density at radius 3 is 2.56 bits per heavy atom. The van der Waals surface area contributed by atoms with Gasteiger partial charge in [-0.2, -0.15) is 0 Å². The van der Waals surface area contributed by atoms with Gasteiger partial charge in [-0.1, -0.05) is 25.0 Å². The van der Waals surface area contributed by atoms with Crippen molar-refractivity contribution in [3.05, 3.63) is 29.8 Å². The van der Waals surface area contributed by atoms with Crippen LogP contribution in [0.15, 0.2) is 24.3 Å². The number of benzene rings is 1. The predicted molar refractivity (Wildman–Crippen MR) is 70.1 cm³/mol. The summed E-state index contributed by atoms with van der Waals surface area (Å²) in [5, 5.41) is 18.4. The van der Waals surface area contributed by atoms with Gasteiger partial charge in [0.2, 0.25) is 0 Å². The van der Waals surface area contributed by atoms with Crippen LogP contribution in [-0.4, -0.2) is 35.4 Å². The van der Waals surface area contributed by atoms with Crippen LogP contribution >= 0.6 is 0 Å². The second-order valence-corrected chi connectivity index (χ2v) is 4.68. The van der Waals surface area contributed by atoms with E-state index < -0.39 is 5.97 Å². The molecule has 1 aromatic rings. The van der Waals surface area contributed by atoms with Crippen molar-refractivity contribution in [2.24, 2.45) is 0 Å². The molecule has 4 nitrogen and oxygen atoms in total. The van der Waals surface area contributed by atoms with Crippen molar-refractivity contribution in [1.29, 1.82) is 0 Å². The third kappa shape index (κ3) is 2.64. The van der Waals surface area contributed by atoms with E-state index in [9.17, 15) is 15.0 Å². The molecule has 98 valence electrons. The van der Waals surface area contributed by atoms with Crippen molar-refractivity contribution >= 4 is 11.7 Å². The quantitative estimate of drug-likeness (QED) is 0.839. The number of aliphatic hydroxyl groups excluding tert-OH is 1. The van der Waals surface area contributed by atoms with Crippen LogP contribution in [0.25, 0.3) is 0 Å². The third-order valence-corrected chi connectivity index (χ3v) is 3.55. The van der Waals surface area contributed by atoms with Crippen molar-refractivity contribution in [2.45, 2.75) is 31.7 Å². The molecule has 1 aromatic carbocycles. The van der Waals surface area contributed by atoms with Crippen LogP contribution in [0.3, 0.4) is 0 Å². The molecule has 1 aliphatic carbocycles. The summed E-state index contributed by atoms with van der Waals surface area (Å²) in [5.41, 5.74) is 1.05. The normalized spacial score (nSPS) is 15.8. The van der Waals surface area contributed by atoms with E-state index in [1.54, 1.807) is 12.1 Å². The zero-order valence-corrected chi connectivity index (χ0v) is 10.4. The molecule has 0 spiro atoms. The number of carboxylic acids is 1. The minimum absolute atomic E-state index is 0.0461. The maximum absolute atomic E-state index is 11.3. The Balaban J connectivity index is 2.32. The Morgan fingerprint density at radius 2 is 1.94 bits per heavy atom. The van der Waals surface area contributed by atoms with Crippen LogP contribution in [0, 0.1) is 0 Å². The summed E-state index contributed by atoms with van der Waals surface area (Å²) in [4.78, 5) is 13.3. The van der Waals surface area contributed by atoms with Gasteiger partial charge in [-0.3, -0.25) is 0 Å². The van der Waals surface area contributed by atoms with E-state index in [1.807, 2.05) is 12.1 Å². The van der Waals surface area contributed by atoms with Gasteiger partial charge < -0.3 is 15.1 Å². The van der Waals surface area contributed by atoms with E-state index in [0.717, 1.165) is 18.5 Å². The molecule has 2 N–H and O–H groups in total. The van der Waals surface area contributed by atoms with Gasteiger partial charge in [-0.05, 0) is 25.0 Å². The average molecular weight is 249 g/mol. The summed E-state index contributed by atoms with van der Waals surface area (Å²) in [7, 11) is 0. The van der Waals surface area contributed by atoms with E-state index in [-0.39, 0.29) is 6.61 Å². The lowest BCUT2D eigenvalue weighted by Gasteiger charge is -2.31. The van der Waals surface area contributed by atoms with E-state index in [1.165, 1.54) is 12.8 Å². The zero-order valence-electron chi connectivity index (χ0n) is 10.4. The molecule has 0 radical (unpaired) electrons. The van der Waals surface area contributed by atoms with Gasteiger partial charge in [-0.15, -0.1) is 0 Å². The molecule has 0 bridgehead atoms. The minimum Gasteiger partial charge on any atom is -0.478 e. The van der Waals surface area contributed by atoms with Gasteiger partial charge in [0, 0.05) is 12.6 Å². The van der Waals surface area contributed by atoms with E-state index in [4.69, 9.17) is 0 Å². The maximum Gasteiger partial charge on any atom is 0.337 e. The van der Waals surface area contributed by atoms with Crippen LogP contribution in [0.4, 0.5) is 5.69 Å². The Bertz CT molecular complexity index is 413. The summed E-state index contributed by atoms with van der Waals surface area (Å²) < 4.78 is 0. The molecule has 1 aliphatic rings. The van der Waals surface area contributed by atoms with Crippen molar-refractivity contribution in [1.82, 2.24) is 0 Å². The minimum atomic E-state index is -0.911. The molecular weight excluding hydrogens is 230 g/mol. The fourth-order valence-corrected chi connectivity index (χ4v) is 2.73. The Kier molecular flexibility index (Phi) is 4.20. The first-order chi connectivity index (χ1) is 8.74. The summed E-state index contributed by atoms with van der Waals surface area (Å²) >= 11 is 0. The fraction of sp³-hybridized carbons (Fsp3) is 0.500. The highest BCUT2D eigenvalue weighted by Crippen LogP contribution is 2.30. The lowest BCUT2D eigenvalue weighted by atomic mass is 10.1. The van der Waals surface area contributed by atoms with Crippen LogP contribution in [0.1, 0.15) is 36.0 Å². The van der Waals surface area contributed by atoms with Crippen LogP contribution in [0.5, 0.6) is 0 Å². The number of aliphatic hydroxyl groups is 1. The highest BCUT2D eigenvalue weighted by Gasteiger charge is 2.25. The molecule has 0 aliphatic heterocycles. The molecule has 18 heavy (non-hydrogen) atoms. The fourth-order valence-electron chi connectivity index (χ4n) is 2.73. The lowest BCUT2D eigenvalue weighted by molar-refractivity contribution is 0.0697. The molecule has 1 fully saturated rings. The standard InChI is InChI=1S/C14H19NO3/c16-10-9-15(11-5-1-2-6-11)13-8-4-3-7-12(13)14(17)18/h3-4,7-8,11,16H,1-2,5-6,9-10H2,(H,17,18). The van der Waals surface area contributed by atoms with Crippen molar-refractivity contribution in [3.8, 4) is 0 Å². The van der Waals surface area contributed by atoms with Gasteiger partial charge in [0.25, 0.3) is 0 Å². The molecule has 0 unspecified atom stereocenters. The molecule has 4 heteroatoms. The summed E-state index contributed by atoms with van der Waals surface area (Å²) in [6.45, 7) is 0.541. The highest BCUT2D eigenvalue weighted by atomic mass is 16.4. The summed E-state index contributed by atoms with van der Waals surface area (Å²) in [6, 6.07) is 7.39. The van der Waals surface area contributed by atoms with Gasteiger partial charge in [0.15, 0.2) is 0 Å². The largest absolute Gasteiger partial charge is 0.478 e. The smallest absolute Gasteiger partial charge is 0.337 e. The molecule has 0 atom stereocenters. The Hall–Kier alpha value is -1.55. The number of carboxylic acid groups (broad SMARTS) is 1. The predicted octanol–water partition coefficient (Wildman–Crippen LogP) is 2.13. The number of anilines is 1. The van der Waals surface area contributed by atoms with E-state index in [2.05, 4.69) is 4.90 Å². The zero-order chi connectivity index (χ0) is 13.0. The van der Waals surface area contributed by atoms with Crippen molar-refractivity contribution in [3.63, 3.8) is 0 Å². The summed E-state index contributed by atoms with van der Waals surface area (Å²) in [5.74, 6) is -0.911. The van der Waals surface area contributed by atoms with Crippen molar-refractivity contribution in [2.75, 3.05) is 18.1 Å². The topological polar surface area (TPSA) is 60.8 Å². The van der Waals surface area contributed by atoms with E-state index in [0.29, 0.717) is 18.2 Å². The Labute approximate surface area is 107 Å². The lowest BCUT2D eigenvalue weighted by Crippen LogP contribution is -2.36. The van der Waals surface area contributed by atoms with Gasteiger partial charge in [0.05, 0.1) is 17.9 Å². The number of nitrogens with zero attached hydrogens (tertiary/aromatic N) is 1. The molecular formula is C14H19NO3. The SMILES string of the molecule is O=C(O)c1ccccc1N(CCO)C1CCCC1. The molecule has 0 amide bonds. The number of rotatable bonds is 5. The number of hydrogen-bond donors (Lipinski definition) is 2. The molecule has 0 aromatic heterocycles. The van der Waals surface area contributed by atoms with Crippen molar-refractivity contribution < 1.29 is 15.0 Å².